The number of ether oxygens (including phenoxy) is 1. The van der Waals surface area contributed by atoms with Gasteiger partial charge in [0.05, 0.1) is 12.7 Å². The lowest BCUT2D eigenvalue weighted by molar-refractivity contribution is 0.101. The Labute approximate surface area is 93.3 Å². The molecule has 0 aromatic heterocycles. The molecule has 16 heavy (non-hydrogen) atoms. The van der Waals surface area contributed by atoms with Crippen molar-refractivity contribution in [1.82, 2.24) is 0 Å². The zero-order valence-electron chi connectivity index (χ0n) is 9.15. The number of carbonyl (C=O) groups excluding carboxylic acids is 1. The Morgan fingerprint density at radius 1 is 1.25 bits per heavy atom. The fraction of sp³-hybridized carbons (Fsp3) is 0.154. The van der Waals surface area contributed by atoms with Crippen LogP contribution >= 0.6 is 0 Å². The van der Waals surface area contributed by atoms with E-state index in [1.165, 1.54) is 13.0 Å². The van der Waals surface area contributed by atoms with Crippen LogP contribution in [-0.4, -0.2) is 18.0 Å². The fourth-order valence-corrected chi connectivity index (χ4v) is 1.86. The number of methoxy groups -OCH3 is 1. The monoisotopic (exact) mass is 216 g/mol. The molecule has 3 nitrogen and oxygen atoms in total. The third kappa shape index (κ3) is 1.50. The molecule has 0 aliphatic carbocycles. The maximum Gasteiger partial charge on any atom is 0.164 e. The highest BCUT2D eigenvalue weighted by Crippen LogP contribution is 2.34. The van der Waals surface area contributed by atoms with Gasteiger partial charge in [0, 0.05) is 5.39 Å². The number of aromatic hydroxyl groups is 1. The van der Waals surface area contributed by atoms with E-state index in [1.807, 2.05) is 12.1 Å². The van der Waals surface area contributed by atoms with Crippen molar-refractivity contribution in [2.45, 2.75) is 6.92 Å². The summed E-state index contributed by atoms with van der Waals surface area (Å²) in [5, 5.41) is 11.3. The summed E-state index contributed by atoms with van der Waals surface area (Å²) in [6.45, 7) is 1.43. The maximum absolute atomic E-state index is 11.5. The second-order valence-corrected chi connectivity index (χ2v) is 3.57. The Morgan fingerprint density at radius 3 is 2.62 bits per heavy atom. The number of carbonyl (C=O) groups is 1. The first-order valence-corrected chi connectivity index (χ1v) is 4.94. The van der Waals surface area contributed by atoms with Gasteiger partial charge in [0.1, 0.15) is 11.5 Å². The number of hydrogen-bond donors (Lipinski definition) is 1. The number of phenols is 1. The second-order valence-electron chi connectivity index (χ2n) is 3.57. The predicted molar refractivity (Wildman–Crippen MR) is 62.2 cm³/mol. The minimum atomic E-state index is -0.174. The van der Waals surface area contributed by atoms with Gasteiger partial charge in [-0.25, -0.2) is 0 Å². The first-order chi connectivity index (χ1) is 7.65. The van der Waals surface area contributed by atoms with Gasteiger partial charge in [-0.05, 0) is 24.4 Å². The molecule has 0 heterocycles. The Morgan fingerprint density at radius 2 is 2.00 bits per heavy atom. The van der Waals surface area contributed by atoms with E-state index in [9.17, 15) is 9.90 Å². The second kappa shape index (κ2) is 3.85. The van der Waals surface area contributed by atoms with E-state index >= 15 is 0 Å². The molecule has 0 radical (unpaired) electrons. The first-order valence-electron chi connectivity index (χ1n) is 4.94. The average Bonchev–Trinajstić information content (AvgIpc) is 2.27. The number of benzene rings is 2. The molecule has 3 heteroatoms. The summed E-state index contributed by atoms with van der Waals surface area (Å²) in [6, 6.07) is 8.79. The molecule has 0 fully saturated rings. The highest BCUT2D eigenvalue weighted by Gasteiger charge is 2.14. The molecule has 2 aromatic rings. The lowest BCUT2D eigenvalue weighted by Crippen LogP contribution is -1.96. The van der Waals surface area contributed by atoms with E-state index in [0.717, 1.165) is 5.39 Å². The van der Waals surface area contributed by atoms with Crippen molar-refractivity contribution in [1.29, 1.82) is 0 Å². The van der Waals surface area contributed by atoms with Gasteiger partial charge in [-0.15, -0.1) is 0 Å². The van der Waals surface area contributed by atoms with Crippen molar-refractivity contribution in [2.24, 2.45) is 0 Å². The molecular weight excluding hydrogens is 204 g/mol. The molecule has 2 rings (SSSR count). The minimum absolute atomic E-state index is 0.00972. The largest absolute Gasteiger partial charge is 0.507 e. The van der Waals surface area contributed by atoms with Crippen LogP contribution in [0.1, 0.15) is 17.3 Å². The number of fused-ring (bicyclic) bond motifs is 1. The van der Waals surface area contributed by atoms with E-state index in [0.29, 0.717) is 16.7 Å². The summed E-state index contributed by atoms with van der Waals surface area (Å²) in [7, 11) is 1.54. The average molecular weight is 216 g/mol. The van der Waals surface area contributed by atoms with Crippen LogP contribution in [0.3, 0.4) is 0 Å². The summed E-state index contributed by atoms with van der Waals surface area (Å²) in [5.74, 6) is 0.413. The fourth-order valence-electron chi connectivity index (χ4n) is 1.86. The summed E-state index contributed by atoms with van der Waals surface area (Å²) in [4.78, 5) is 11.5. The van der Waals surface area contributed by atoms with Crippen molar-refractivity contribution in [3.8, 4) is 11.5 Å². The van der Waals surface area contributed by atoms with Gasteiger partial charge < -0.3 is 9.84 Å². The van der Waals surface area contributed by atoms with E-state index in [1.54, 1.807) is 19.2 Å². The van der Waals surface area contributed by atoms with Gasteiger partial charge in [0.2, 0.25) is 0 Å². The van der Waals surface area contributed by atoms with Crippen LogP contribution in [-0.2, 0) is 0 Å². The number of hydrogen-bond acceptors (Lipinski definition) is 3. The van der Waals surface area contributed by atoms with Gasteiger partial charge >= 0.3 is 0 Å². The van der Waals surface area contributed by atoms with Crippen LogP contribution < -0.4 is 4.74 Å². The Kier molecular flexibility index (Phi) is 2.52. The topological polar surface area (TPSA) is 46.5 Å². The third-order valence-corrected chi connectivity index (χ3v) is 2.56. The Hall–Kier alpha value is -2.03. The molecule has 0 amide bonds. The smallest absolute Gasteiger partial charge is 0.164 e. The lowest BCUT2D eigenvalue weighted by atomic mass is 10.00. The van der Waals surface area contributed by atoms with Gasteiger partial charge in [0.25, 0.3) is 0 Å². The standard InChI is InChI=1S/C13H12O3/c1-8(14)12-10(15)7-6-9-4-3-5-11(16-2)13(9)12/h3-7,15H,1-2H3. The first kappa shape index (κ1) is 10.5. The number of ketones is 1. The molecule has 0 atom stereocenters. The van der Waals surface area contributed by atoms with E-state index < -0.39 is 0 Å². The quantitative estimate of drug-likeness (QED) is 0.785. The number of Topliss-reactive ketones (excluding diaryl/α,β-unsaturated/α-hetero) is 1. The molecule has 1 N–H and O–H groups in total. The van der Waals surface area contributed by atoms with Crippen LogP contribution in [0.5, 0.6) is 11.5 Å². The third-order valence-electron chi connectivity index (χ3n) is 2.56. The van der Waals surface area contributed by atoms with Gasteiger partial charge in [-0.1, -0.05) is 18.2 Å². The van der Waals surface area contributed by atoms with Crippen molar-refractivity contribution < 1.29 is 14.6 Å². The molecular formula is C13H12O3. The molecule has 0 aliphatic rings. The van der Waals surface area contributed by atoms with Crippen LogP contribution in [0.2, 0.25) is 0 Å². The summed E-state index contributed by atoms with van der Waals surface area (Å²) in [5.41, 5.74) is 0.315. The molecule has 0 saturated heterocycles. The number of rotatable bonds is 2. The van der Waals surface area contributed by atoms with Gasteiger partial charge in [0.15, 0.2) is 5.78 Å². The summed E-state index contributed by atoms with van der Waals surface area (Å²) < 4.78 is 5.21. The van der Waals surface area contributed by atoms with Crippen LogP contribution in [0.15, 0.2) is 30.3 Å². The SMILES string of the molecule is COc1cccc2ccc(O)c(C(C)=O)c12. The predicted octanol–water partition coefficient (Wildman–Crippen LogP) is 2.76. The Balaban J connectivity index is 2.94. The highest BCUT2D eigenvalue weighted by atomic mass is 16.5. The Bertz CT molecular complexity index is 558. The molecule has 0 spiro atoms. The molecule has 0 aliphatic heterocycles. The summed E-state index contributed by atoms with van der Waals surface area (Å²) >= 11 is 0. The molecule has 2 aromatic carbocycles. The minimum Gasteiger partial charge on any atom is -0.507 e. The van der Waals surface area contributed by atoms with Crippen LogP contribution in [0.4, 0.5) is 0 Å². The van der Waals surface area contributed by atoms with Crippen molar-refractivity contribution in [3.05, 3.63) is 35.9 Å². The molecule has 0 saturated carbocycles. The molecule has 0 bridgehead atoms. The van der Waals surface area contributed by atoms with E-state index in [-0.39, 0.29) is 11.5 Å². The van der Waals surface area contributed by atoms with Crippen LogP contribution in [0, 0.1) is 0 Å². The number of phenolic OH excluding ortho intramolecular Hbond substituents is 1. The zero-order chi connectivity index (χ0) is 11.7. The van der Waals surface area contributed by atoms with Crippen molar-refractivity contribution >= 4 is 16.6 Å². The van der Waals surface area contributed by atoms with Gasteiger partial charge in [-0.3, -0.25) is 4.79 Å². The van der Waals surface area contributed by atoms with E-state index in [4.69, 9.17) is 4.74 Å². The lowest BCUT2D eigenvalue weighted by Gasteiger charge is -2.10. The zero-order valence-corrected chi connectivity index (χ0v) is 9.15. The summed E-state index contributed by atoms with van der Waals surface area (Å²) in [6.07, 6.45) is 0. The molecule has 82 valence electrons. The van der Waals surface area contributed by atoms with Gasteiger partial charge in [-0.2, -0.15) is 0 Å². The van der Waals surface area contributed by atoms with Crippen LogP contribution in [0.25, 0.3) is 10.8 Å². The van der Waals surface area contributed by atoms with Crippen molar-refractivity contribution in [3.63, 3.8) is 0 Å². The highest BCUT2D eigenvalue weighted by molar-refractivity contribution is 6.11. The van der Waals surface area contributed by atoms with E-state index in [2.05, 4.69) is 0 Å². The van der Waals surface area contributed by atoms with Crippen molar-refractivity contribution in [2.75, 3.05) is 7.11 Å². The molecule has 0 unspecified atom stereocenters. The maximum atomic E-state index is 11.5. The normalized spacial score (nSPS) is 10.4.